The summed E-state index contributed by atoms with van der Waals surface area (Å²) in [5.41, 5.74) is 0. The van der Waals surface area contributed by atoms with Crippen LogP contribution in [0.4, 0.5) is 0 Å². The molecule has 2 atom stereocenters. The Morgan fingerprint density at radius 3 is 2.76 bits per heavy atom. The molecule has 2 saturated heterocycles. The van der Waals surface area contributed by atoms with E-state index in [1.165, 1.54) is 25.9 Å². The number of hydrogen-bond donors (Lipinski definition) is 2. The van der Waals surface area contributed by atoms with E-state index in [-0.39, 0.29) is 6.10 Å². The average Bonchev–Trinajstić information content (AvgIpc) is 2.96. The zero-order chi connectivity index (χ0) is 12.1. The molecule has 2 fully saturated rings. The van der Waals surface area contributed by atoms with E-state index < -0.39 is 12.1 Å². The molecule has 0 saturated carbocycles. The Kier molecular flexibility index (Phi) is 4.76. The van der Waals surface area contributed by atoms with Crippen LogP contribution in [0.25, 0.3) is 0 Å². The van der Waals surface area contributed by atoms with E-state index in [0.29, 0.717) is 6.42 Å². The molecular formula is C12H22N2O3. The van der Waals surface area contributed by atoms with Crippen LogP contribution < -0.4 is 5.32 Å². The van der Waals surface area contributed by atoms with Gasteiger partial charge in [0.2, 0.25) is 0 Å². The normalized spacial score (nSPS) is 29.9. The largest absolute Gasteiger partial charge is 0.479 e. The first kappa shape index (κ1) is 12.8. The van der Waals surface area contributed by atoms with Crippen LogP contribution in [0.3, 0.4) is 0 Å². The molecule has 0 aliphatic carbocycles. The fourth-order valence-electron chi connectivity index (χ4n) is 2.54. The molecule has 0 aromatic carbocycles. The zero-order valence-electron chi connectivity index (χ0n) is 10.2. The van der Waals surface area contributed by atoms with Crippen molar-refractivity contribution in [3.8, 4) is 0 Å². The monoisotopic (exact) mass is 242 g/mol. The number of nitrogens with zero attached hydrogens (tertiary/aromatic N) is 1. The molecule has 0 spiro atoms. The average molecular weight is 242 g/mol. The fraction of sp³-hybridized carbons (Fsp3) is 0.917. The van der Waals surface area contributed by atoms with Gasteiger partial charge in [0.25, 0.3) is 0 Å². The molecule has 2 N–H and O–H groups in total. The number of aliphatic carboxylic acids is 1. The first-order chi connectivity index (χ1) is 8.25. The van der Waals surface area contributed by atoms with E-state index in [0.717, 1.165) is 26.1 Å². The highest BCUT2D eigenvalue weighted by atomic mass is 16.5. The second kappa shape index (κ2) is 6.33. The summed E-state index contributed by atoms with van der Waals surface area (Å²) < 4.78 is 5.42. The van der Waals surface area contributed by atoms with E-state index in [1.54, 1.807) is 0 Å². The van der Waals surface area contributed by atoms with Gasteiger partial charge in [-0.15, -0.1) is 0 Å². The van der Waals surface area contributed by atoms with E-state index in [4.69, 9.17) is 9.84 Å². The van der Waals surface area contributed by atoms with E-state index in [1.807, 2.05) is 0 Å². The third kappa shape index (κ3) is 3.94. The Balaban J connectivity index is 1.52. The Morgan fingerprint density at radius 1 is 1.35 bits per heavy atom. The summed E-state index contributed by atoms with van der Waals surface area (Å²) in [5, 5.41) is 12.1. The molecule has 0 amide bonds. The lowest BCUT2D eigenvalue weighted by atomic mass is 10.2. The molecule has 5 heteroatoms. The lowest BCUT2D eigenvalue weighted by Crippen LogP contribution is -2.34. The van der Waals surface area contributed by atoms with Crippen molar-refractivity contribution in [2.45, 2.75) is 37.9 Å². The number of hydrogen-bond acceptors (Lipinski definition) is 4. The van der Waals surface area contributed by atoms with Gasteiger partial charge in [0.05, 0.1) is 6.10 Å². The number of rotatable bonds is 6. The van der Waals surface area contributed by atoms with Crippen molar-refractivity contribution >= 4 is 5.97 Å². The Labute approximate surface area is 102 Å². The molecule has 0 radical (unpaired) electrons. The summed E-state index contributed by atoms with van der Waals surface area (Å²) >= 11 is 0. The smallest absolute Gasteiger partial charge is 0.332 e. The van der Waals surface area contributed by atoms with Crippen molar-refractivity contribution in [1.82, 2.24) is 10.2 Å². The first-order valence-corrected chi connectivity index (χ1v) is 6.57. The lowest BCUT2D eigenvalue weighted by molar-refractivity contribution is -0.149. The maximum Gasteiger partial charge on any atom is 0.332 e. The summed E-state index contributed by atoms with van der Waals surface area (Å²) in [5.74, 6) is -0.829. The van der Waals surface area contributed by atoms with E-state index in [2.05, 4.69) is 10.2 Å². The van der Waals surface area contributed by atoms with Crippen LogP contribution in [-0.4, -0.2) is 60.9 Å². The molecule has 0 bridgehead atoms. The molecule has 2 rings (SSSR count). The van der Waals surface area contributed by atoms with Gasteiger partial charge in [-0.05, 0) is 38.8 Å². The standard InChI is InChI=1S/C12H22N2O3/c15-12(16)11-4-3-10(17-11)9-13-5-8-14-6-1-2-7-14/h10-11,13H,1-9H2,(H,15,16). The second-order valence-electron chi connectivity index (χ2n) is 4.92. The van der Waals surface area contributed by atoms with Gasteiger partial charge >= 0.3 is 5.97 Å². The van der Waals surface area contributed by atoms with E-state index >= 15 is 0 Å². The van der Waals surface area contributed by atoms with Crippen molar-refractivity contribution < 1.29 is 14.6 Å². The van der Waals surface area contributed by atoms with Gasteiger partial charge in [0.1, 0.15) is 0 Å². The number of likely N-dealkylation sites (tertiary alicyclic amines) is 1. The topological polar surface area (TPSA) is 61.8 Å². The van der Waals surface area contributed by atoms with Crippen molar-refractivity contribution in [3.05, 3.63) is 0 Å². The second-order valence-corrected chi connectivity index (χ2v) is 4.92. The van der Waals surface area contributed by atoms with Crippen LogP contribution in [0.1, 0.15) is 25.7 Å². The maximum absolute atomic E-state index is 10.7. The molecule has 98 valence electrons. The summed E-state index contributed by atoms with van der Waals surface area (Å²) in [4.78, 5) is 13.2. The van der Waals surface area contributed by atoms with Crippen molar-refractivity contribution in [2.75, 3.05) is 32.7 Å². The fourth-order valence-corrected chi connectivity index (χ4v) is 2.54. The van der Waals surface area contributed by atoms with Gasteiger partial charge in [-0.3, -0.25) is 0 Å². The predicted molar refractivity (Wildman–Crippen MR) is 64.1 cm³/mol. The Bertz CT molecular complexity index is 254. The van der Waals surface area contributed by atoms with Gasteiger partial charge in [-0.25, -0.2) is 4.79 Å². The molecular weight excluding hydrogens is 220 g/mol. The molecule has 0 aromatic heterocycles. The van der Waals surface area contributed by atoms with Gasteiger partial charge < -0.3 is 20.1 Å². The first-order valence-electron chi connectivity index (χ1n) is 6.57. The van der Waals surface area contributed by atoms with Crippen molar-refractivity contribution in [3.63, 3.8) is 0 Å². The molecule has 0 aromatic rings. The van der Waals surface area contributed by atoms with Gasteiger partial charge in [-0.2, -0.15) is 0 Å². The molecule has 17 heavy (non-hydrogen) atoms. The quantitative estimate of drug-likeness (QED) is 0.656. The van der Waals surface area contributed by atoms with Crippen LogP contribution in [-0.2, 0) is 9.53 Å². The van der Waals surface area contributed by atoms with Crippen molar-refractivity contribution in [2.24, 2.45) is 0 Å². The minimum Gasteiger partial charge on any atom is -0.479 e. The Hall–Kier alpha value is -0.650. The minimum absolute atomic E-state index is 0.0784. The van der Waals surface area contributed by atoms with Crippen LogP contribution in [0.2, 0.25) is 0 Å². The van der Waals surface area contributed by atoms with Crippen LogP contribution in [0.15, 0.2) is 0 Å². The van der Waals surface area contributed by atoms with Crippen LogP contribution >= 0.6 is 0 Å². The highest BCUT2D eigenvalue weighted by molar-refractivity contribution is 5.72. The zero-order valence-corrected chi connectivity index (χ0v) is 10.2. The molecule has 5 nitrogen and oxygen atoms in total. The number of carboxylic acid groups (broad SMARTS) is 1. The summed E-state index contributed by atoms with van der Waals surface area (Å²) in [7, 11) is 0. The van der Waals surface area contributed by atoms with Crippen LogP contribution in [0, 0.1) is 0 Å². The summed E-state index contributed by atoms with van der Waals surface area (Å²) in [6, 6.07) is 0. The Morgan fingerprint density at radius 2 is 2.12 bits per heavy atom. The molecule has 2 unspecified atom stereocenters. The highest BCUT2D eigenvalue weighted by Crippen LogP contribution is 2.19. The van der Waals surface area contributed by atoms with Gasteiger partial charge in [-0.1, -0.05) is 0 Å². The minimum atomic E-state index is -0.829. The lowest BCUT2D eigenvalue weighted by Gasteiger charge is -2.16. The molecule has 2 aliphatic heterocycles. The highest BCUT2D eigenvalue weighted by Gasteiger charge is 2.29. The van der Waals surface area contributed by atoms with Gasteiger partial charge in [0, 0.05) is 19.6 Å². The number of ether oxygens (including phenoxy) is 1. The van der Waals surface area contributed by atoms with Gasteiger partial charge in [0.15, 0.2) is 6.10 Å². The summed E-state index contributed by atoms with van der Waals surface area (Å²) in [6.45, 7) is 5.29. The molecule has 2 heterocycles. The number of nitrogens with one attached hydrogen (secondary N) is 1. The number of carbonyl (C=O) groups is 1. The van der Waals surface area contributed by atoms with E-state index in [9.17, 15) is 4.79 Å². The summed E-state index contributed by atoms with van der Waals surface area (Å²) in [6.07, 6.45) is 3.65. The third-order valence-electron chi connectivity index (χ3n) is 3.56. The molecule has 2 aliphatic rings. The maximum atomic E-state index is 10.7. The predicted octanol–water partition coefficient (Wildman–Crippen LogP) is 0.304. The number of carboxylic acids is 1. The van der Waals surface area contributed by atoms with Crippen LogP contribution in [0.5, 0.6) is 0 Å². The van der Waals surface area contributed by atoms with Crippen molar-refractivity contribution in [1.29, 1.82) is 0 Å². The third-order valence-corrected chi connectivity index (χ3v) is 3.56. The SMILES string of the molecule is O=C(O)C1CCC(CNCCN2CCCC2)O1.